The molecule has 1 aromatic carbocycles. The van der Waals surface area contributed by atoms with Gasteiger partial charge in [-0.2, -0.15) is 0 Å². The molecule has 0 saturated heterocycles. The minimum Gasteiger partial charge on any atom is -0.353 e. The first-order valence-electron chi connectivity index (χ1n) is 7.60. The maximum absolute atomic E-state index is 12.0. The molecule has 0 aromatic heterocycles. The first kappa shape index (κ1) is 15.4. The summed E-state index contributed by atoms with van der Waals surface area (Å²) < 4.78 is 0. The summed E-state index contributed by atoms with van der Waals surface area (Å²) in [6, 6.07) is 6.40. The highest BCUT2D eigenvalue weighted by Crippen LogP contribution is 2.24. The number of carbonyl (C=O) groups excluding carboxylic acids is 1. The predicted molar refractivity (Wildman–Crippen MR) is 84.1 cm³/mol. The lowest BCUT2D eigenvalue weighted by Crippen LogP contribution is -2.41. The normalized spacial score (nSPS) is 22.6. The van der Waals surface area contributed by atoms with Crippen LogP contribution >= 0.6 is 11.6 Å². The van der Waals surface area contributed by atoms with Gasteiger partial charge in [-0.15, -0.1) is 0 Å². The van der Waals surface area contributed by atoms with Crippen LogP contribution in [0.1, 0.15) is 50.2 Å². The summed E-state index contributed by atoms with van der Waals surface area (Å²) in [6.45, 7) is 4.23. The zero-order chi connectivity index (χ0) is 14.5. The van der Waals surface area contributed by atoms with Gasteiger partial charge in [0.1, 0.15) is 0 Å². The predicted octanol–water partition coefficient (Wildman–Crippen LogP) is 4.28. The fraction of sp³-hybridized carbons (Fsp3) is 0.588. The zero-order valence-electron chi connectivity index (χ0n) is 12.4. The Bertz CT molecular complexity index is 472. The molecular weight excluding hydrogens is 270 g/mol. The summed E-state index contributed by atoms with van der Waals surface area (Å²) in [5.41, 5.74) is 2.21. The van der Waals surface area contributed by atoms with Crippen molar-refractivity contribution in [2.24, 2.45) is 5.92 Å². The smallest absolute Gasteiger partial charge is 0.220 e. The third-order valence-electron chi connectivity index (χ3n) is 4.33. The highest BCUT2D eigenvalue weighted by Gasteiger charge is 2.22. The van der Waals surface area contributed by atoms with Gasteiger partial charge in [-0.25, -0.2) is 0 Å². The number of benzene rings is 1. The van der Waals surface area contributed by atoms with Crippen molar-refractivity contribution < 1.29 is 4.79 Å². The Balaban J connectivity index is 1.81. The van der Waals surface area contributed by atoms with Gasteiger partial charge in [0.25, 0.3) is 0 Å². The number of hydrogen-bond acceptors (Lipinski definition) is 1. The molecular formula is C17H24ClNO. The van der Waals surface area contributed by atoms with Crippen LogP contribution in [0.5, 0.6) is 0 Å². The Hall–Kier alpha value is -1.02. The molecule has 0 bridgehead atoms. The van der Waals surface area contributed by atoms with E-state index in [0.29, 0.717) is 18.4 Å². The van der Waals surface area contributed by atoms with E-state index in [1.807, 2.05) is 19.1 Å². The minimum absolute atomic E-state index is 0.167. The van der Waals surface area contributed by atoms with Crippen molar-refractivity contribution in [3.05, 3.63) is 34.3 Å². The van der Waals surface area contributed by atoms with Crippen LogP contribution in [0.3, 0.4) is 0 Å². The fourth-order valence-electron chi connectivity index (χ4n) is 2.86. The third-order valence-corrected chi connectivity index (χ3v) is 4.74. The molecule has 20 heavy (non-hydrogen) atoms. The van der Waals surface area contributed by atoms with Gasteiger partial charge in [-0.3, -0.25) is 4.79 Å². The molecule has 110 valence electrons. The molecule has 1 saturated carbocycles. The van der Waals surface area contributed by atoms with Crippen molar-refractivity contribution in [3.8, 4) is 0 Å². The number of aryl methyl sites for hydroxylation is 2. The van der Waals surface area contributed by atoms with E-state index in [-0.39, 0.29) is 5.91 Å². The van der Waals surface area contributed by atoms with Gasteiger partial charge in [-0.1, -0.05) is 43.5 Å². The molecule has 0 heterocycles. The topological polar surface area (TPSA) is 29.1 Å². The lowest BCUT2D eigenvalue weighted by Gasteiger charge is -2.29. The molecule has 2 nitrogen and oxygen atoms in total. The van der Waals surface area contributed by atoms with E-state index in [4.69, 9.17) is 11.6 Å². The molecule has 1 aromatic rings. The van der Waals surface area contributed by atoms with E-state index < -0.39 is 0 Å². The third kappa shape index (κ3) is 4.24. The van der Waals surface area contributed by atoms with Crippen LogP contribution in [-0.4, -0.2) is 11.9 Å². The van der Waals surface area contributed by atoms with Crippen LogP contribution in [0.2, 0.25) is 5.02 Å². The molecule has 1 aliphatic rings. The van der Waals surface area contributed by atoms with Crippen LogP contribution in [0, 0.1) is 12.8 Å². The molecule has 1 N–H and O–H groups in total. The van der Waals surface area contributed by atoms with E-state index in [1.54, 1.807) is 0 Å². The standard InChI is InChI=1S/C17H24ClNO/c1-12-7-8-14(11-15(12)18)9-10-17(20)19-16-6-4-3-5-13(16)2/h7-8,11,13,16H,3-6,9-10H2,1-2H3,(H,19,20). The number of carbonyl (C=O) groups is 1. The number of rotatable bonds is 4. The van der Waals surface area contributed by atoms with Crippen LogP contribution in [0.15, 0.2) is 18.2 Å². The molecule has 1 fully saturated rings. The molecule has 1 amide bonds. The number of nitrogens with one attached hydrogen (secondary N) is 1. The highest BCUT2D eigenvalue weighted by atomic mass is 35.5. The van der Waals surface area contributed by atoms with Gasteiger partial charge >= 0.3 is 0 Å². The van der Waals surface area contributed by atoms with E-state index in [2.05, 4.69) is 18.3 Å². The Labute approximate surface area is 126 Å². The summed E-state index contributed by atoms with van der Waals surface area (Å²) in [5.74, 6) is 0.780. The van der Waals surface area contributed by atoms with Crippen molar-refractivity contribution in [1.82, 2.24) is 5.32 Å². The second-order valence-corrected chi connectivity index (χ2v) is 6.43. The van der Waals surface area contributed by atoms with Crippen molar-refractivity contribution in [2.75, 3.05) is 0 Å². The van der Waals surface area contributed by atoms with Gasteiger partial charge < -0.3 is 5.32 Å². The summed E-state index contributed by atoms with van der Waals surface area (Å²) >= 11 is 6.10. The molecule has 3 heteroatoms. The van der Waals surface area contributed by atoms with Crippen molar-refractivity contribution in [3.63, 3.8) is 0 Å². The van der Waals surface area contributed by atoms with E-state index in [1.165, 1.54) is 19.3 Å². The van der Waals surface area contributed by atoms with Gasteiger partial charge in [0.2, 0.25) is 5.91 Å². The van der Waals surface area contributed by atoms with Gasteiger partial charge in [-0.05, 0) is 49.3 Å². The fourth-order valence-corrected chi connectivity index (χ4v) is 3.06. The highest BCUT2D eigenvalue weighted by molar-refractivity contribution is 6.31. The number of amides is 1. The minimum atomic E-state index is 0.167. The van der Waals surface area contributed by atoms with Gasteiger partial charge in [0.05, 0.1) is 0 Å². The van der Waals surface area contributed by atoms with E-state index in [0.717, 1.165) is 29.0 Å². The molecule has 0 aliphatic heterocycles. The lowest BCUT2D eigenvalue weighted by atomic mass is 9.86. The van der Waals surface area contributed by atoms with Crippen molar-refractivity contribution in [1.29, 1.82) is 0 Å². The molecule has 2 atom stereocenters. The van der Waals surface area contributed by atoms with Crippen LogP contribution in [0.4, 0.5) is 0 Å². The Morgan fingerprint density at radius 2 is 2.10 bits per heavy atom. The molecule has 2 unspecified atom stereocenters. The summed E-state index contributed by atoms with van der Waals surface area (Å²) in [5, 5.41) is 3.97. The second-order valence-electron chi connectivity index (χ2n) is 6.02. The Morgan fingerprint density at radius 3 is 2.80 bits per heavy atom. The zero-order valence-corrected chi connectivity index (χ0v) is 13.2. The molecule has 0 spiro atoms. The number of hydrogen-bond donors (Lipinski definition) is 1. The van der Waals surface area contributed by atoms with Crippen LogP contribution in [-0.2, 0) is 11.2 Å². The van der Waals surface area contributed by atoms with E-state index >= 15 is 0 Å². The quantitative estimate of drug-likeness (QED) is 0.882. The second kappa shape index (κ2) is 7.12. The monoisotopic (exact) mass is 293 g/mol. The van der Waals surface area contributed by atoms with Gasteiger partial charge in [0, 0.05) is 17.5 Å². The molecule has 0 radical (unpaired) electrons. The summed E-state index contributed by atoms with van der Waals surface area (Å²) in [7, 11) is 0. The average Bonchev–Trinajstić information content (AvgIpc) is 2.43. The lowest BCUT2D eigenvalue weighted by molar-refractivity contribution is -0.122. The SMILES string of the molecule is Cc1ccc(CCC(=O)NC2CCCCC2C)cc1Cl. The summed E-state index contributed by atoms with van der Waals surface area (Å²) in [6.07, 6.45) is 6.20. The Kier molecular flexibility index (Phi) is 5.47. The van der Waals surface area contributed by atoms with Crippen molar-refractivity contribution >= 4 is 17.5 Å². The van der Waals surface area contributed by atoms with Crippen molar-refractivity contribution in [2.45, 2.75) is 58.4 Å². The van der Waals surface area contributed by atoms with Crippen LogP contribution in [0.25, 0.3) is 0 Å². The largest absolute Gasteiger partial charge is 0.353 e. The van der Waals surface area contributed by atoms with Gasteiger partial charge in [0.15, 0.2) is 0 Å². The first-order valence-corrected chi connectivity index (χ1v) is 7.98. The maximum atomic E-state index is 12.0. The summed E-state index contributed by atoms with van der Waals surface area (Å²) in [4.78, 5) is 12.0. The molecule has 1 aliphatic carbocycles. The molecule has 2 rings (SSSR count). The van der Waals surface area contributed by atoms with E-state index in [9.17, 15) is 4.79 Å². The maximum Gasteiger partial charge on any atom is 0.220 e. The van der Waals surface area contributed by atoms with Crippen LogP contribution < -0.4 is 5.32 Å². The Morgan fingerprint density at radius 1 is 1.35 bits per heavy atom. The average molecular weight is 294 g/mol. The number of halogens is 1. The first-order chi connectivity index (χ1) is 9.56.